The van der Waals surface area contributed by atoms with Crippen molar-refractivity contribution in [3.05, 3.63) is 101 Å². The van der Waals surface area contributed by atoms with Crippen molar-refractivity contribution in [2.24, 2.45) is 0 Å². The molecule has 0 saturated heterocycles. The molecule has 3 aromatic carbocycles. The summed E-state index contributed by atoms with van der Waals surface area (Å²) in [6.07, 6.45) is 1.59. The Bertz CT molecular complexity index is 1200. The fraction of sp³-hybridized carbons (Fsp3) is 0.154. The van der Waals surface area contributed by atoms with Crippen LogP contribution in [0, 0.1) is 6.92 Å². The molecule has 0 spiro atoms. The van der Waals surface area contributed by atoms with Crippen LogP contribution in [-0.4, -0.2) is 18.1 Å². The SMILES string of the molecule is COC(=O)c1c(C)cccc1COc1cccc(OCc2coc(-c3ccccc3)n2)c1. The van der Waals surface area contributed by atoms with Crippen LogP contribution in [0.1, 0.15) is 27.2 Å². The van der Waals surface area contributed by atoms with Gasteiger partial charge < -0.3 is 18.6 Å². The van der Waals surface area contributed by atoms with Crippen molar-refractivity contribution >= 4 is 5.97 Å². The van der Waals surface area contributed by atoms with Crippen LogP contribution >= 0.6 is 0 Å². The predicted molar refractivity (Wildman–Crippen MR) is 120 cm³/mol. The average Bonchev–Trinajstić information content (AvgIpc) is 3.31. The number of benzene rings is 3. The molecule has 1 heterocycles. The Kier molecular flexibility index (Phi) is 6.51. The maximum atomic E-state index is 12.1. The van der Waals surface area contributed by atoms with Crippen LogP contribution in [-0.2, 0) is 18.0 Å². The summed E-state index contributed by atoms with van der Waals surface area (Å²) in [6, 6.07) is 22.6. The first-order valence-corrected chi connectivity index (χ1v) is 10.2. The summed E-state index contributed by atoms with van der Waals surface area (Å²) < 4.78 is 22.2. The van der Waals surface area contributed by atoms with Crippen molar-refractivity contribution in [3.63, 3.8) is 0 Å². The highest BCUT2D eigenvalue weighted by atomic mass is 16.5. The van der Waals surface area contributed by atoms with Crippen LogP contribution in [0.5, 0.6) is 11.5 Å². The highest BCUT2D eigenvalue weighted by molar-refractivity contribution is 5.92. The van der Waals surface area contributed by atoms with Crippen LogP contribution in [0.25, 0.3) is 11.5 Å². The quantitative estimate of drug-likeness (QED) is 0.340. The second-order valence-corrected chi connectivity index (χ2v) is 7.16. The molecular formula is C26H23NO5. The first-order chi connectivity index (χ1) is 15.6. The average molecular weight is 429 g/mol. The molecule has 0 atom stereocenters. The lowest BCUT2D eigenvalue weighted by Gasteiger charge is -2.13. The number of nitrogens with zero attached hydrogens (tertiary/aromatic N) is 1. The second kappa shape index (κ2) is 9.83. The number of aromatic nitrogens is 1. The zero-order valence-corrected chi connectivity index (χ0v) is 17.9. The molecule has 4 aromatic rings. The highest BCUT2D eigenvalue weighted by Gasteiger charge is 2.15. The minimum Gasteiger partial charge on any atom is -0.489 e. The van der Waals surface area contributed by atoms with E-state index in [4.69, 9.17) is 18.6 Å². The van der Waals surface area contributed by atoms with E-state index in [9.17, 15) is 4.79 Å². The summed E-state index contributed by atoms with van der Waals surface area (Å²) in [5.74, 6) is 1.45. The van der Waals surface area contributed by atoms with Gasteiger partial charge in [0, 0.05) is 17.2 Å². The lowest BCUT2D eigenvalue weighted by Crippen LogP contribution is -2.10. The molecule has 4 rings (SSSR count). The monoisotopic (exact) mass is 429 g/mol. The van der Waals surface area contributed by atoms with Gasteiger partial charge in [0.15, 0.2) is 0 Å². The lowest BCUT2D eigenvalue weighted by molar-refractivity contribution is 0.0597. The van der Waals surface area contributed by atoms with Crippen LogP contribution in [0.15, 0.2) is 83.5 Å². The standard InChI is InChI=1S/C26H23NO5/c1-18-8-6-11-20(24(18)26(28)29-2)15-30-22-12-7-13-23(14-22)31-16-21-17-32-25(27-21)19-9-4-3-5-10-19/h3-14,17H,15-16H2,1-2H3. The molecule has 1 aromatic heterocycles. The van der Waals surface area contributed by atoms with Crippen molar-refractivity contribution in [1.82, 2.24) is 4.98 Å². The maximum absolute atomic E-state index is 12.1. The number of rotatable bonds is 8. The number of ether oxygens (including phenoxy) is 3. The molecule has 162 valence electrons. The van der Waals surface area contributed by atoms with Gasteiger partial charge in [-0.3, -0.25) is 0 Å². The zero-order chi connectivity index (χ0) is 22.3. The molecule has 0 saturated carbocycles. The molecule has 6 heteroatoms. The van der Waals surface area contributed by atoms with Gasteiger partial charge >= 0.3 is 5.97 Å². The number of carbonyl (C=O) groups is 1. The van der Waals surface area contributed by atoms with Gasteiger partial charge in [-0.1, -0.05) is 42.5 Å². The van der Waals surface area contributed by atoms with Crippen molar-refractivity contribution in [1.29, 1.82) is 0 Å². The van der Waals surface area contributed by atoms with Gasteiger partial charge in [0.05, 0.1) is 12.7 Å². The fourth-order valence-corrected chi connectivity index (χ4v) is 3.30. The first-order valence-electron chi connectivity index (χ1n) is 10.2. The lowest BCUT2D eigenvalue weighted by atomic mass is 10.0. The third-order valence-electron chi connectivity index (χ3n) is 4.91. The third kappa shape index (κ3) is 4.98. The summed E-state index contributed by atoms with van der Waals surface area (Å²) in [5.41, 5.74) is 3.74. The summed E-state index contributed by atoms with van der Waals surface area (Å²) >= 11 is 0. The van der Waals surface area contributed by atoms with Crippen molar-refractivity contribution in [2.45, 2.75) is 20.1 Å². The minimum atomic E-state index is -0.374. The van der Waals surface area contributed by atoms with Gasteiger partial charge in [0.2, 0.25) is 5.89 Å². The minimum absolute atomic E-state index is 0.235. The van der Waals surface area contributed by atoms with Crippen molar-refractivity contribution in [3.8, 4) is 23.0 Å². The predicted octanol–water partition coefficient (Wildman–Crippen LogP) is 5.59. The molecule has 0 bridgehead atoms. The number of carbonyl (C=O) groups excluding carboxylic acids is 1. The Morgan fingerprint density at radius 3 is 2.38 bits per heavy atom. The number of hydrogen-bond acceptors (Lipinski definition) is 6. The molecule has 0 aliphatic rings. The molecule has 6 nitrogen and oxygen atoms in total. The van der Waals surface area contributed by atoms with Gasteiger partial charge in [-0.05, 0) is 36.8 Å². The van der Waals surface area contributed by atoms with Crippen LogP contribution in [0.3, 0.4) is 0 Å². The van der Waals surface area contributed by atoms with Gasteiger partial charge in [-0.25, -0.2) is 9.78 Å². The van der Waals surface area contributed by atoms with E-state index in [1.807, 2.05) is 73.7 Å². The van der Waals surface area contributed by atoms with E-state index in [-0.39, 0.29) is 19.2 Å². The van der Waals surface area contributed by atoms with Gasteiger partial charge in [0.25, 0.3) is 0 Å². The van der Waals surface area contributed by atoms with E-state index in [2.05, 4.69) is 4.98 Å². The van der Waals surface area contributed by atoms with Gasteiger partial charge in [0.1, 0.15) is 36.7 Å². The van der Waals surface area contributed by atoms with E-state index >= 15 is 0 Å². The first kappa shape index (κ1) is 21.2. The summed E-state index contributed by atoms with van der Waals surface area (Å²) in [4.78, 5) is 16.6. The number of aryl methyl sites for hydroxylation is 1. The van der Waals surface area contributed by atoms with Crippen molar-refractivity contribution < 1.29 is 23.4 Å². The molecule has 0 fully saturated rings. The Labute approximate surface area is 186 Å². The summed E-state index contributed by atoms with van der Waals surface area (Å²) in [5, 5.41) is 0. The molecule has 0 amide bonds. The van der Waals surface area contributed by atoms with Crippen molar-refractivity contribution in [2.75, 3.05) is 7.11 Å². The molecule has 32 heavy (non-hydrogen) atoms. The van der Waals surface area contributed by atoms with E-state index in [1.165, 1.54) is 7.11 Å². The maximum Gasteiger partial charge on any atom is 0.338 e. The Hall–Kier alpha value is -4.06. The molecular weight excluding hydrogens is 406 g/mol. The van der Waals surface area contributed by atoms with E-state index in [0.717, 1.165) is 16.7 Å². The number of oxazole rings is 1. The smallest absolute Gasteiger partial charge is 0.338 e. The summed E-state index contributed by atoms with van der Waals surface area (Å²) in [6.45, 7) is 2.38. The van der Waals surface area contributed by atoms with Gasteiger partial charge in [-0.2, -0.15) is 0 Å². The molecule has 0 aliphatic heterocycles. The normalized spacial score (nSPS) is 10.6. The molecule has 0 aliphatic carbocycles. The Morgan fingerprint density at radius 2 is 1.62 bits per heavy atom. The largest absolute Gasteiger partial charge is 0.489 e. The Morgan fingerprint density at radius 1 is 0.906 bits per heavy atom. The number of esters is 1. The highest BCUT2D eigenvalue weighted by Crippen LogP contribution is 2.24. The topological polar surface area (TPSA) is 70.8 Å². The fourth-order valence-electron chi connectivity index (χ4n) is 3.30. The van der Waals surface area contributed by atoms with E-state index < -0.39 is 0 Å². The van der Waals surface area contributed by atoms with Crippen LogP contribution < -0.4 is 9.47 Å². The van der Waals surface area contributed by atoms with Crippen LogP contribution in [0.2, 0.25) is 0 Å². The number of hydrogen-bond donors (Lipinski definition) is 0. The zero-order valence-electron chi connectivity index (χ0n) is 17.9. The molecule has 0 radical (unpaired) electrons. The molecule has 0 N–H and O–H groups in total. The van der Waals surface area contributed by atoms with E-state index in [0.29, 0.717) is 28.6 Å². The van der Waals surface area contributed by atoms with Crippen LogP contribution in [0.4, 0.5) is 0 Å². The van der Waals surface area contributed by atoms with E-state index in [1.54, 1.807) is 12.3 Å². The summed E-state index contributed by atoms with van der Waals surface area (Å²) in [7, 11) is 1.37. The third-order valence-corrected chi connectivity index (χ3v) is 4.91. The Balaban J connectivity index is 1.39. The van der Waals surface area contributed by atoms with Gasteiger partial charge in [-0.15, -0.1) is 0 Å². The molecule has 0 unspecified atom stereocenters. The number of methoxy groups -OCH3 is 1. The second-order valence-electron chi connectivity index (χ2n) is 7.16.